The Morgan fingerprint density at radius 1 is 1.28 bits per heavy atom. The first kappa shape index (κ1) is 12.9. The molecule has 0 saturated carbocycles. The summed E-state index contributed by atoms with van der Waals surface area (Å²) in [5, 5.41) is 0. The fraction of sp³-hybridized carbons (Fsp3) is 0.533. The normalized spacial score (nSPS) is 15.2. The molecule has 0 N–H and O–H groups in total. The maximum absolute atomic E-state index is 11.4. The fourth-order valence-electron chi connectivity index (χ4n) is 2.19. The Labute approximate surface area is 109 Å². The number of likely N-dealkylation sites (tertiary alicyclic amines) is 1. The monoisotopic (exact) mass is 247 g/mol. The Hall–Kier alpha value is -1.51. The van der Waals surface area contributed by atoms with Gasteiger partial charge in [-0.05, 0) is 49.9 Å². The number of carbonyl (C=O) groups is 1. The molecule has 18 heavy (non-hydrogen) atoms. The quantitative estimate of drug-likeness (QED) is 0.749. The van der Waals surface area contributed by atoms with E-state index < -0.39 is 0 Å². The van der Waals surface area contributed by atoms with E-state index in [1.165, 1.54) is 11.1 Å². The minimum atomic E-state index is 0.293. The van der Waals surface area contributed by atoms with Crippen LogP contribution in [0.2, 0.25) is 0 Å². The molecule has 1 fully saturated rings. The largest absolute Gasteiger partial charge is 0.494 e. The molecule has 0 atom stereocenters. The van der Waals surface area contributed by atoms with Gasteiger partial charge in [0.15, 0.2) is 0 Å². The molecule has 1 aliphatic rings. The summed E-state index contributed by atoms with van der Waals surface area (Å²) in [5.41, 5.74) is 2.53. The van der Waals surface area contributed by atoms with Crippen molar-refractivity contribution in [1.82, 2.24) is 4.90 Å². The molecule has 1 aromatic carbocycles. The molecule has 0 bridgehead atoms. The Morgan fingerprint density at radius 3 is 2.78 bits per heavy atom. The van der Waals surface area contributed by atoms with Crippen molar-refractivity contribution in [1.29, 1.82) is 0 Å². The van der Waals surface area contributed by atoms with E-state index >= 15 is 0 Å². The first-order valence-corrected chi connectivity index (χ1v) is 6.64. The molecule has 1 aliphatic heterocycles. The van der Waals surface area contributed by atoms with E-state index in [1.807, 2.05) is 11.0 Å². The van der Waals surface area contributed by atoms with Gasteiger partial charge in [-0.25, -0.2) is 0 Å². The van der Waals surface area contributed by atoms with Crippen molar-refractivity contribution in [3.05, 3.63) is 29.3 Å². The van der Waals surface area contributed by atoms with E-state index in [1.54, 1.807) is 0 Å². The van der Waals surface area contributed by atoms with Crippen molar-refractivity contribution in [2.24, 2.45) is 0 Å². The lowest BCUT2D eigenvalue weighted by atomic mass is 10.1. The predicted octanol–water partition coefficient (Wildman–Crippen LogP) is 2.69. The van der Waals surface area contributed by atoms with E-state index in [0.717, 1.165) is 38.1 Å². The number of hydrogen-bond donors (Lipinski definition) is 0. The Balaban J connectivity index is 1.71. The maximum Gasteiger partial charge on any atom is 0.222 e. The second kappa shape index (κ2) is 5.89. The number of rotatable bonds is 5. The Bertz CT molecular complexity index is 429. The van der Waals surface area contributed by atoms with Crippen LogP contribution in [-0.4, -0.2) is 30.5 Å². The molecule has 1 amide bonds. The van der Waals surface area contributed by atoms with Crippen molar-refractivity contribution in [2.75, 3.05) is 19.7 Å². The first-order valence-electron chi connectivity index (χ1n) is 6.64. The van der Waals surface area contributed by atoms with Gasteiger partial charge in [0.1, 0.15) is 5.75 Å². The van der Waals surface area contributed by atoms with Crippen LogP contribution in [0.4, 0.5) is 0 Å². The third kappa shape index (κ3) is 3.25. The third-order valence-electron chi connectivity index (χ3n) is 3.49. The lowest BCUT2D eigenvalue weighted by Crippen LogP contribution is -2.26. The van der Waals surface area contributed by atoms with Gasteiger partial charge in [0.05, 0.1) is 6.61 Å². The average molecular weight is 247 g/mol. The second-order valence-electron chi connectivity index (χ2n) is 4.93. The molecule has 0 spiro atoms. The molecule has 98 valence electrons. The Morgan fingerprint density at radius 2 is 2.11 bits per heavy atom. The molecule has 1 heterocycles. The molecule has 0 radical (unpaired) electrons. The molecule has 0 aliphatic carbocycles. The molecular formula is C15H21NO2. The first-order chi connectivity index (χ1) is 8.66. The third-order valence-corrected chi connectivity index (χ3v) is 3.49. The van der Waals surface area contributed by atoms with Gasteiger partial charge in [0, 0.05) is 19.5 Å². The van der Waals surface area contributed by atoms with Gasteiger partial charge in [0.2, 0.25) is 5.91 Å². The summed E-state index contributed by atoms with van der Waals surface area (Å²) in [6.45, 7) is 6.60. The number of amides is 1. The average Bonchev–Trinajstić information content (AvgIpc) is 2.75. The van der Waals surface area contributed by atoms with Gasteiger partial charge < -0.3 is 9.64 Å². The molecular weight excluding hydrogens is 226 g/mol. The van der Waals surface area contributed by atoms with Crippen molar-refractivity contribution >= 4 is 5.91 Å². The van der Waals surface area contributed by atoms with E-state index in [-0.39, 0.29) is 0 Å². The Kier molecular flexibility index (Phi) is 4.24. The van der Waals surface area contributed by atoms with Crippen molar-refractivity contribution in [2.45, 2.75) is 33.1 Å². The van der Waals surface area contributed by atoms with Crippen molar-refractivity contribution in [3.8, 4) is 5.75 Å². The van der Waals surface area contributed by atoms with Crippen LogP contribution >= 0.6 is 0 Å². The number of benzene rings is 1. The number of carbonyl (C=O) groups excluding carboxylic acids is 1. The van der Waals surface area contributed by atoms with Gasteiger partial charge in [-0.15, -0.1) is 0 Å². The minimum Gasteiger partial charge on any atom is -0.494 e. The topological polar surface area (TPSA) is 29.5 Å². The zero-order valence-corrected chi connectivity index (χ0v) is 11.2. The fourth-order valence-corrected chi connectivity index (χ4v) is 2.19. The highest BCUT2D eigenvalue weighted by Gasteiger charge is 2.18. The summed E-state index contributed by atoms with van der Waals surface area (Å²) < 4.78 is 5.70. The summed E-state index contributed by atoms with van der Waals surface area (Å²) >= 11 is 0. The van der Waals surface area contributed by atoms with Crippen LogP contribution in [0.15, 0.2) is 18.2 Å². The van der Waals surface area contributed by atoms with Crippen LogP contribution in [-0.2, 0) is 4.79 Å². The number of aryl methyl sites for hydroxylation is 2. The summed E-state index contributed by atoms with van der Waals surface area (Å²) in [5.74, 6) is 1.21. The van der Waals surface area contributed by atoms with E-state index in [0.29, 0.717) is 12.5 Å². The molecule has 1 saturated heterocycles. The van der Waals surface area contributed by atoms with Gasteiger partial charge >= 0.3 is 0 Å². The van der Waals surface area contributed by atoms with Gasteiger partial charge in [-0.3, -0.25) is 4.79 Å². The summed E-state index contributed by atoms with van der Waals surface area (Å²) in [4.78, 5) is 13.3. The number of ether oxygens (including phenoxy) is 1. The van der Waals surface area contributed by atoms with Gasteiger partial charge in [0.25, 0.3) is 0 Å². The molecule has 3 heteroatoms. The number of nitrogens with zero attached hydrogens (tertiary/aromatic N) is 1. The molecule has 0 aromatic heterocycles. The lowest BCUT2D eigenvalue weighted by molar-refractivity contribution is -0.127. The zero-order chi connectivity index (χ0) is 13.0. The summed E-state index contributed by atoms with van der Waals surface area (Å²) in [6, 6.07) is 6.15. The highest BCUT2D eigenvalue weighted by Crippen LogP contribution is 2.16. The number of hydrogen-bond acceptors (Lipinski definition) is 2. The van der Waals surface area contributed by atoms with Gasteiger partial charge in [-0.1, -0.05) is 6.07 Å². The van der Waals surface area contributed by atoms with Crippen LogP contribution in [0.3, 0.4) is 0 Å². The SMILES string of the molecule is Cc1ccc(OCCCN2CCCC2=O)cc1C. The van der Waals surface area contributed by atoms with Crippen LogP contribution in [0, 0.1) is 13.8 Å². The zero-order valence-electron chi connectivity index (χ0n) is 11.2. The van der Waals surface area contributed by atoms with E-state index in [9.17, 15) is 4.79 Å². The van der Waals surface area contributed by atoms with Crippen LogP contribution in [0.25, 0.3) is 0 Å². The summed E-state index contributed by atoms with van der Waals surface area (Å²) in [7, 11) is 0. The van der Waals surface area contributed by atoms with Crippen LogP contribution in [0.1, 0.15) is 30.4 Å². The smallest absolute Gasteiger partial charge is 0.222 e. The van der Waals surface area contributed by atoms with E-state index in [4.69, 9.17) is 4.74 Å². The van der Waals surface area contributed by atoms with E-state index in [2.05, 4.69) is 26.0 Å². The second-order valence-corrected chi connectivity index (χ2v) is 4.93. The molecule has 3 nitrogen and oxygen atoms in total. The maximum atomic E-state index is 11.4. The van der Waals surface area contributed by atoms with Crippen LogP contribution in [0.5, 0.6) is 5.75 Å². The molecule has 1 aromatic rings. The van der Waals surface area contributed by atoms with Crippen molar-refractivity contribution < 1.29 is 9.53 Å². The highest BCUT2D eigenvalue weighted by atomic mass is 16.5. The molecule has 0 unspecified atom stereocenters. The van der Waals surface area contributed by atoms with Gasteiger partial charge in [-0.2, -0.15) is 0 Å². The standard InChI is InChI=1S/C15H21NO2/c1-12-6-7-14(11-13(12)2)18-10-4-9-16-8-3-5-15(16)17/h6-7,11H,3-5,8-10H2,1-2H3. The highest BCUT2D eigenvalue weighted by molar-refractivity contribution is 5.77. The summed E-state index contributed by atoms with van der Waals surface area (Å²) in [6.07, 6.45) is 2.63. The van der Waals surface area contributed by atoms with Crippen LogP contribution < -0.4 is 4.74 Å². The predicted molar refractivity (Wildman–Crippen MR) is 71.8 cm³/mol. The minimum absolute atomic E-state index is 0.293. The lowest BCUT2D eigenvalue weighted by Gasteiger charge is -2.15. The van der Waals surface area contributed by atoms with Crippen molar-refractivity contribution in [3.63, 3.8) is 0 Å². The molecule has 2 rings (SSSR count).